The minimum Gasteiger partial charge on any atom is -0.481 e. The van der Waals surface area contributed by atoms with E-state index in [2.05, 4.69) is 6.92 Å². The maximum atomic E-state index is 10.9. The van der Waals surface area contributed by atoms with Crippen LogP contribution in [0.4, 0.5) is 0 Å². The highest BCUT2D eigenvalue weighted by Crippen LogP contribution is 2.30. The minimum atomic E-state index is -0.740. The fourth-order valence-corrected chi connectivity index (χ4v) is 3.03. The van der Waals surface area contributed by atoms with Crippen molar-refractivity contribution in [1.82, 2.24) is 0 Å². The van der Waals surface area contributed by atoms with Crippen LogP contribution in [0.25, 0.3) is 0 Å². The van der Waals surface area contributed by atoms with E-state index in [4.69, 9.17) is 10.8 Å². The average Bonchev–Trinajstić information content (AvgIpc) is 2.82. The number of hydrogen-bond donors (Lipinski definition) is 2. The van der Waals surface area contributed by atoms with Gasteiger partial charge in [0.15, 0.2) is 0 Å². The molecule has 1 fully saturated rings. The van der Waals surface area contributed by atoms with Gasteiger partial charge in [-0.05, 0) is 24.7 Å². The van der Waals surface area contributed by atoms with Crippen LogP contribution in [0.15, 0.2) is 0 Å². The molecule has 0 aromatic rings. The van der Waals surface area contributed by atoms with Crippen LogP contribution in [0.1, 0.15) is 64.7 Å². The van der Waals surface area contributed by atoms with Gasteiger partial charge in [-0.3, -0.25) is 4.79 Å². The van der Waals surface area contributed by atoms with Gasteiger partial charge in [-0.1, -0.05) is 51.9 Å². The van der Waals surface area contributed by atoms with Crippen molar-refractivity contribution in [1.29, 1.82) is 0 Å². The molecule has 1 aliphatic carbocycles. The van der Waals surface area contributed by atoms with Crippen LogP contribution >= 0.6 is 0 Å². The van der Waals surface area contributed by atoms with Gasteiger partial charge in [-0.15, -0.1) is 0 Å². The Morgan fingerprint density at radius 2 is 1.94 bits per heavy atom. The Hall–Kier alpha value is -0.570. The number of nitrogens with two attached hydrogens (primary N) is 1. The molecule has 0 unspecified atom stereocenters. The molecular weight excluding hydrogens is 226 g/mol. The second kappa shape index (κ2) is 8.52. The van der Waals surface area contributed by atoms with Crippen molar-refractivity contribution in [3.63, 3.8) is 0 Å². The number of aliphatic carboxylic acids is 1. The van der Waals surface area contributed by atoms with Crippen LogP contribution < -0.4 is 5.73 Å². The number of carbonyl (C=O) groups is 1. The van der Waals surface area contributed by atoms with Gasteiger partial charge < -0.3 is 10.8 Å². The van der Waals surface area contributed by atoms with E-state index in [1.165, 1.54) is 44.9 Å². The zero-order chi connectivity index (χ0) is 13.4. The highest BCUT2D eigenvalue weighted by atomic mass is 16.4. The lowest BCUT2D eigenvalue weighted by atomic mass is 9.91. The molecule has 0 saturated heterocycles. The van der Waals surface area contributed by atoms with Crippen molar-refractivity contribution in [2.24, 2.45) is 23.5 Å². The maximum absolute atomic E-state index is 10.9. The summed E-state index contributed by atoms with van der Waals surface area (Å²) in [5.41, 5.74) is 5.46. The standard InChI is InChI=1S/C15H29NO2/c1-12(9-10-14(11-16)15(17)18)5-4-8-13-6-2-3-7-13/h12-14H,2-11,16H2,1H3,(H,17,18)/t12-,14-/m1/s1. The van der Waals surface area contributed by atoms with Crippen LogP contribution in [-0.4, -0.2) is 17.6 Å². The first-order valence-electron chi connectivity index (χ1n) is 7.56. The summed E-state index contributed by atoms with van der Waals surface area (Å²) in [5, 5.41) is 8.93. The number of hydrogen-bond acceptors (Lipinski definition) is 2. The third-order valence-corrected chi connectivity index (χ3v) is 4.43. The fourth-order valence-electron chi connectivity index (χ4n) is 3.03. The van der Waals surface area contributed by atoms with E-state index in [0.29, 0.717) is 5.92 Å². The first kappa shape index (κ1) is 15.5. The highest BCUT2D eigenvalue weighted by Gasteiger charge is 2.17. The van der Waals surface area contributed by atoms with Gasteiger partial charge in [-0.2, -0.15) is 0 Å². The molecule has 3 nitrogen and oxygen atoms in total. The molecule has 0 heterocycles. The monoisotopic (exact) mass is 255 g/mol. The minimum absolute atomic E-state index is 0.268. The second-order valence-electron chi connectivity index (χ2n) is 6.03. The van der Waals surface area contributed by atoms with Gasteiger partial charge in [0.25, 0.3) is 0 Å². The van der Waals surface area contributed by atoms with Crippen LogP contribution in [0, 0.1) is 17.8 Å². The smallest absolute Gasteiger partial charge is 0.307 e. The molecule has 1 aliphatic rings. The van der Waals surface area contributed by atoms with E-state index in [0.717, 1.165) is 18.8 Å². The normalized spacial score (nSPS) is 19.9. The number of carboxylic acids is 1. The molecule has 0 aliphatic heterocycles. The Kier molecular flexibility index (Phi) is 7.33. The summed E-state index contributed by atoms with van der Waals surface area (Å²) in [6.07, 6.45) is 11.4. The van der Waals surface area contributed by atoms with Crippen LogP contribution in [0.2, 0.25) is 0 Å². The quantitative estimate of drug-likeness (QED) is 0.663. The van der Waals surface area contributed by atoms with Crippen molar-refractivity contribution in [2.45, 2.75) is 64.7 Å². The van der Waals surface area contributed by atoms with Crippen molar-refractivity contribution < 1.29 is 9.90 Å². The summed E-state index contributed by atoms with van der Waals surface area (Å²) in [6, 6.07) is 0. The molecule has 0 aromatic heterocycles. The van der Waals surface area contributed by atoms with Crippen molar-refractivity contribution in [3.05, 3.63) is 0 Å². The SMILES string of the molecule is C[C@H](CCCC1CCCC1)CC[C@H](CN)C(=O)O. The molecule has 0 radical (unpaired) electrons. The Morgan fingerprint density at radius 1 is 1.28 bits per heavy atom. The summed E-state index contributed by atoms with van der Waals surface area (Å²) < 4.78 is 0. The zero-order valence-corrected chi connectivity index (χ0v) is 11.7. The number of rotatable bonds is 9. The molecule has 3 heteroatoms. The van der Waals surface area contributed by atoms with Gasteiger partial charge >= 0.3 is 5.97 Å². The van der Waals surface area contributed by atoms with Gasteiger partial charge in [0.2, 0.25) is 0 Å². The molecule has 0 amide bonds. The van der Waals surface area contributed by atoms with E-state index in [-0.39, 0.29) is 12.5 Å². The highest BCUT2D eigenvalue weighted by molar-refractivity contribution is 5.70. The molecule has 18 heavy (non-hydrogen) atoms. The van der Waals surface area contributed by atoms with E-state index < -0.39 is 5.97 Å². The molecule has 2 atom stereocenters. The fraction of sp³-hybridized carbons (Fsp3) is 0.933. The Bertz CT molecular complexity index is 237. The van der Waals surface area contributed by atoms with Crippen LogP contribution in [0.3, 0.4) is 0 Å². The molecule has 3 N–H and O–H groups in total. The molecule has 0 aromatic carbocycles. The molecule has 1 rings (SSSR count). The van der Waals surface area contributed by atoms with Gasteiger partial charge in [0.1, 0.15) is 0 Å². The third kappa shape index (κ3) is 5.85. The van der Waals surface area contributed by atoms with Gasteiger partial charge in [-0.25, -0.2) is 0 Å². The van der Waals surface area contributed by atoms with E-state index in [1.807, 2.05) is 0 Å². The second-order valence-corrected chi connectivity index (χ2v) is 6.03. The first-order valence-corrected chi connectivity index (χ1v) is 7.56. The molecule has 0 spiro atoms. The van der Waals surface area contributed by atoms with E-state index in [1.54, 1.807) is 0 Å². The lowest BCUT2D eigenvalue weighted by Crippen LogP contribution is -2.23. The number of carboxylic acid groups (broad SMARTS) is 1. The van der Waals surface area contributed by atoms with E-state index >= 15 is 0 Å². The predicted octanol–water partition coefficient (Wildman–Crippen LogP) is 3.42. The van der Waals surface area contributed by atoms with E-state index in [9.17, 15) is 4.79 Å². The van der Waals surface area contributed by atoms with Gasteiger partial charge in [0.05, 0.1) is 5.92 Å². The van der Waals surface area contributed by atoms with Gasteiger partial charge in [0, 0.05) is 6.54 Å². The lowest BCUT2D eigenvalue weighted by Gasteiger charge is -2.15. The summed E-state index contributed by atoms with van der Waals surface area (Å²) in [7, 11) is 0. The zero-order valence-electron chi connectivity index (χ0n) is 11.7. The largest absolute Gasteiger partial charge is 0.481 e. The molecular formula is C15H29NO2. The van der Waals surface area contributed by atoms with Crippen molar-refractivity contribution in [2.75, 3.05) is 6.54 Å². The summed E-state index contributed by atoms with van der Waals surface area (Å²) >= 11 is 0. The summed E-state index contributed by atoms with van der Waals surface area (Å²) in [6.45, 7) is 2.51. The summed E-state index contributed by atoms with van der Waals surface area (Å²) in [5.74, 6) is 0.533. The molecule has 1 saturated carbocycles. The van der Waals surface area contributed by atoms with Crippen LogP contribution in [-0.2, 0) is 4.79 Å². The predicted molar refractivity (Wildman–Crippen MR) is 74.4 cm³/mol. The summed E-state index contributed by atoms with van der Waals surface area (Å²) in [4.78, 5) is 10.9. The Morgan fingerprint density at radius 3 is 2.50 bits per heavy atom. The first-order chi connectivity index (χ1) is 8.63. The third-order valence-electron chi connectivity index (χ3n) is 4.43. The molecule has 0 bridgehead atoms. The molecule has 106 valence electrons. The van der Waals surface area contributed by atoms with Crippen LogP contribution in [0.5, 0.6) is 0 Å². The topological polar surface area (TPSA) is 63.3 Å². The Balaban J connectivity index is 2.05. The van der Waals surface area contributed by atoms with Crippen molar-refractivity contribution >= 4 is 5.97 Å². The Labute approximate surface area is 111 Å². The maximum Gasteiger partial charge on any atom is 0.307 e. The lowest BCUT2D eigenvalue weighted by molar-refractivity contribution is -0.141. The van der Waals surface area contributed by atoms with Crippen molar-refractivity contribution in [3.8, 4) is 0 Å². The average molecular weight is 255 g/mol.